The van der Waals surface area contributed by atoms with Gasteiger partial charge in [-0.3, -0.25) is 0 Å². The Labute approximate surface area is 113 Å². The zero-order valence-corrected chi connectivity index (χ0v) is 11.8. The summed E-state index contributed by atoms with van der Waals surface area (Å²) in [5.74, 6) is 0.545. The molecule has 0 radical (unpaired) electrons. The molecule has 0 atom stereocenters. The van der Waals surface area contributed by atoms with Gasteiger partial charge in [0, 0.05) is 18.5 Å². The van der Waals surface area contributed by atoms with E-state index in [1.165, 1.54) is 6.26 Å². The molecular formula is C13H17N3O2S. The summed E-state index contributed by atoms with van der Waals surface area (Å²) >= 11 is 0. The van der Waals surface area contributed by atoms with Crippen LogP contribution in [0.4, 0.5) is 5.82 Å². The molecule has 0 spiro atoms. The molecule has 1 aromatic heterocycles. The number of aryl methyl sites for hydroxylation is 2. The maximum absolute atomic E-state index is 11.1. The van der Waals surface area contributed by atoms with E-state index in [1.807, 2.05) is 6.07 Å². The molecular weight excluding hydrogens is 262 g/mol. The first kappa shape index (κ1) is 13.8. The van der Waals surface area contributed by atoms with E-state index in [0.717, 1.165) is 36.9 Å². The number of pyridine rings is 1. The molecule has 0 saturated heterocycles. The number of aromatic nitrogens is 1. The van der Waals surface area contributed by atoms with Crippen molar-refractivity contribution in [3.05, 3.63) is 22.9 Å². The van der Waals surface area contributed by atoms with Gasteiger partial charge in [0.2, 0.25) is 0 Å². The Bertz CT molecular complexity index is 618. The number of hydrogen-bond donors (Lipinski definition) is 1. The minimum Gasteiger partial charge on any atom is -0.368 e. The number of nitrogens with one attached hydrogen (secondary N) is 1. The molecule has 2 rings (SSSR count). The van der Waals surface area contributed by atoms with Gasteiger partial charge in [0.1, 0.15) is 21.7 Å². The number of hydrogen-bond acceptors (Lipinski definition) is 5. The van der Waals surface area contributed by atoms with Gasteiger partial charge in [-0.1, -0.05) is 0 Å². The first-order chi connectivity index (χ1) is 8.99. The number of rotatable bonds is 4. The fourth-order valence-electron chi connectivity index (χ4n) is 2.21. The monoisotopic (exact) mass is 279 g/mol. The molecule has 1 aliphatic carbocycles. The normalized spacial score (nSPS) is 14.5. The molecule has 1 heterocycles. The summed E-state index contributed by atoms with van der Waals surface area (Å²) in [6.07, 6.45) is 5.36. The number of nitriles is 1. The van der Waals surface area contributed by atoms with Crippen LogP contribution in [0.15, 0.2) is 6.07 Å². The van der Waals surface area contributed by atoms with E-state index in [-0.39, 0.29) is 12.3 Å². The van der Waals surface area contributed by atoms with E-state index in [0.29, 0.717) is 11.4 Å². The Balaban J connectivity index is 2.17. The summed E-state index contributed by atoms with van der Waals surface area (Å²) in [4.78, 5) is 4.48. The second-order valence-corrected chi connectivity index (χ2v) is 7.13. The molecule has 19 heavy (non-hydrogen) atoms. The van der Waals surface area contributed by atoms with Gasteiger partial charge in [-0.2, -0.15) is 5.26 Å². The van der Waals surface area contributed by atoms with Crippen molar-refractivity contribution in [1.82, 2.24) is 4.98 Å². The Morgan fingerprint density at radius 2 is 2.16 bits per heavy atom. The van der Waals surface area contributed by atoms with Crippen molar-refractivity contribution in [1.29, 1.82) is 5.26 Å². The lowest BCUT2D eigenvalue weighted by Gasteiger charge is -2.17. The van der Waals surface area contributed by atoms with Gasteiger partial charge in [-0.15, -0.1) is 0 Å². The standard InChI is InChI=1S/C13H17N3O2S/c1-19(17,18)7-6-15-13-11(9-14)8-10-4-2-3-5-12(10)16-13/h8H,2-7H2,1H3,(H,15,16). The molecule has 0 saturated carbocycles. The fraction of sp³-hybridized carbons (Fsp3) is 0.538. The van der Waals surface area contributed by atoms with Crippen LogP contribution in [0.5, 0.6) is 0 Å². The smallest absolute Gasteiger partial charge is 0.149 e. The Morgan fingerprint density at radius 3 is 2.84 bits per heavy atom. The molecule has 0 bridgehead atoms. The molecule has 5 nitrogen and oxygen atoms in total. The molecule has 1 N–H and O–H groups in total. The van der Waals surface area contributed by atoms with Gasteiger partial charge in [0.15, 0.2) is 0 Å². The molecule has 6 heteroatoms. The summed E-state index contributed by atoms with van der Waals surface area (Å²) in [5.41, 5.74) is 2.68. The highest BCUT2D eigenvalue weighted by atomic mass is 32.2. The van der Waals surface area contributed by atoms with Crippen LogP contribution in [0.1, 0.15) is 29.7 Å². The third-order valence-electron chi connectivity index (χ3n) is 3.19. The van der Waals surface area contributed by atoms with Crippen molar-refractivity contribution in [3.63, 3.8) is 0 Å². The lowest BCUT2D eigenvalue weighted by molar-refractivity contribution is 0.602. The maximum Gasteiger partial charge on any atom is 0.149 e. The van der Waals surface area contributed by atoms with E-state index >= 15 is 0 Å². The number of fused-ring (bicyclic) bond motifs is 1. The molecule has 1 aromatic rings. The molecule has 0 fully saturated rings. The third kappa shape index (κ3) is 3.67. The van der Waals surface area contributed by atoms with Gasteiger partial charge < -0.3 is 5.32 Å². The zero-order valence-electron chi connectivity index (χ0n) is 10.9. The quantitative estimate of drug-likeness (QED) is 0.898. The maximum atomic E-state index is 11.1. The van der Waals surface area contributed by atoms with Crippen molar-refractivity contribution in [2.24, 2.45) is 0 Å². The molecule has 102 valence electrons. The molecule has 0 unspecified atom stereocenters. The molecule has 0 aromatic carbocycles. The first-order valence-electron chi connectivity index (χ1n) is 6.34. The lowest BCUT2D eigenvalue weighted by Crippen LogP contribution is -2.17. The molecule has 0 aliphatic heterocycles. The molecule has 1 aliphatic rings. The van der Waals surface area contributed by atoms with Crippen molar-refractivity contribution < 1.29 is 8.42 Å². The summed E-state index contributed by atoms with van der Waals surface area (Å²) in [6, 6.07) is 4.00. The van der Waals surface area contributed by atoms with Gasteiger partial charge in [0.05, 0.1) is 11.3 Å². The number of sulfone groups is 1. The number of nitrogens with zero attached hydrogens (tertiary/aromatic N) is 2. The highest BCUT2D eigenvalue weighted by molar-refractivity contribution is 7.90. The largest absolute Gasteiger partial charge is 0.368 e. The van der Waals surface area contributed by atoms with E-state index in [1.54, 1.807) is 0 Å². The predicted molar refractivity (Wildman–Crippen MR) is 73.8 cm³/mol. The van der Waals surface area contributed by atoms with E-state index in [9.17, 15) is 8.42 Å². The second kappa shape index (κ2) is 5.57. The van der Waals surface area contributed by atoms with Crippen molar-refractivity contribution in [2.75, 3.05) is 23.9 Å². The van der Waals surface area contributed by atoms with Crippen LogP contribution >= 0.6 is 0 Å². The van der Waals surface area contributed by atoms with Gasteiger partial charge >= 0.3 is 0 Å². The zero-order chi connectivity index (χ0) is 13.9. The van der Waals surface area contributed by atoms with E-state index < -0.39 is 9.84 Å². The average molecular weight is 279 g/mol. The van der Waals surface area contributed by atoms with Crippen molar-refractivity contribution in [2.45, 2.75) is 25.7 Å². The Kier molecular flexibility index (Phi) is 4.05. The summed E-state index contributed by atoms with van der Waals surface area (Å²) in [5, 5.41) is 12.1. The van der Waals surface area contributed by atoms with Crippen LogP contribution in [-0.2, 0) is 22.7 Å². The predicted octanol–water partition coefficient (Wildman–Crippen LogP) is 1.29. The average Bonchev–Trinajstić information content (AvgIpc) is 2.36. The lowest BCUT2D eigenvalue weighted by atomic mass is 9.95. The van der Waals surface area contributed by atoms with Crippen LogP contribution < -0.4 is 5.32 Å². The summed E-state index contributed by atoms with van der Waals surface area (Å²) in [7, 11) is -3.00. The Hall–Kier alpha value is -1.61. The molecule has 0 amide bonds. The summed E-state index contributed by atoms with van der Waals surface area (Å²) < 4.78 is 22.2. The highest BCUT2D eigenvalue weighted by Gasteiger charge is 2.15. The minimum absolute atomic E-state index is 0.0383. The third-order valence-corrected chi connectivity index (χ3v) is 4.13. The summed E-state index contributed by atoms with van der Waals surface area (Å²) in [6.45, 7) is 0.277. The number of anilines is 1. The van der Waals surface area contributed by atoms with Gasteiger partial charge in [-0.05, 0) is 37.3 Å². The van der Waals surface area contributed by atoms with Crippen LogP contribution in [0, 0.1) is 11.3 Å². The minimum atomic E-state index is -3.00. The van der Waals surface area contributed by atoms with E-state index in [4.69, 9.17) is 5.26 Å². The van der Waals surface area contributed by atoms with Crippen LogP contribution in [0.2, 0.25) is 0 Å². The van der Waals surface area contributed by atoms with Crippen LogP contribution in [0.25, 0.3) is 0 Å². The van der Waals surface area contributed by atoms with Crippen LogP contribution in [0.3, 0.4) is 0 Å². The van der Waals surface area contributed by atoms with Crippen molar-refractivity contribution >= 4 is 15.7 Å². The topological polar surface area (TPSA) is 82.8 Å². The van der Waals surface area contributed by atoms with E-state index in [2.05, 4.69) is 16.4 Å². The van der Waals surface area contributed by atoms with Gasteiger partial charge in [-0.25, -0.2) is 13.4 Å². The van der Waals surface area contributed by atoms with Crippen LogP contribution in [-0.4, -0.2) is 32.0 Å². The van der Waals surface area contributed by atoms with Crippen molar-refractivity contribution in [3.8, 4) is 6.07 Å². The first-order valence-corrected chi connectivity index (χ1v) is 8.40. The second-order valence-electron chi connectivity index (χ2n) is 4.87. The SMILES string of the molecule is CS(=O)(=O)CCNc1nc2c(cc1C#N)CCCC2. The fourth-order valence-corrected chi connectivity index (χ4v) is 2.68. The Morgan fingerprint density at radius 1 is 1.42 bits per heavy atom. The van der Waals surface area contributed by atoms with Gasteiger partial charge in [0.25, 0.3) is 0 Å². The highest BCUT2D eigenvalue weighted by Crippen LogP contribution is 2.24.